The number of anilines is 1. The molecule has 0 aliphatic rings. The average Bonchev–Trinajstić information content (AvgIpc) is 2.43. The molecule has 0 aliphatic carbocycles. The number of nitrogens with zero attached hydrogens (tertiary/aromatic N) is 1. The molecule has 5 heteroatoms. The lowest BCUT2D eigenvalue weighted by Crippen LogP contribution is -2.45. The Hall–Kier alpha value is -1.26. The molecule has 2 atom stereocenters. The van der Waals surface area contributed by atoms with Crippen LogP contribution in [0.2, 0.25) is 5.02 Å². The van der Waals surface area contributed by atoms with Gasteiger partial charge in [0.1, 0.15) is 5.75 Å². The smallest absolute Gasteiger partial charge is 0.243 e. The number of carbonyl (C=O) groups excluding carboxylic acids is 1. The van der Waals surface area contributed by atoms with Crippen LogP contribution in [0.5, 0.6) is 5.75 Å². The van der Waals surface area contributed by atoms with Gasteiger partial charge in [-0.1, -0.05) is 31.9 Å². The molecule has 19 heavy (non-hydrogen) atoms. The van der Waals surface area contributed by atoms with Crippen LogP contribution < -0.4 is 15.4 Å². The summed E-state index contributed by atoms with van der Waals surface area (Å²) in [4.78, 5) is 13.8. The molecule has 0 aromatic heterocycles. The van der Waals surface area contributed by atoms with Crippen molar-refractivity contribution in [2.24, 2.45) is 11.7 Å². The number of benzene rings is 1. The lowest BCUT2D eigenvalue weighted by atomic mass is 9.99. The molecule has 2 unspecified atom stereocenters. The van der Waals surface area contributed by atoms with Crippen molar-refractivity contribution in [3.8, 4) is 5.75 Å². The van der Waals surface area contributed by atoms with Gasteiger partial charge in [-0.2, -0.15) is 0 Å². The summed E-state index contributed by atoms with van der Waals surface area (Å²) in [5.74, 6) is 0.608. The van der Waals surface area contributed by atoms with Crippen molar-refractivity contribution in [1.29, 1.82) is 0 Å². The number of halogens is 1. The van der Waals surface area contributed by atoms with Gasteiger partial charge in [-0.3, -0.25) is 4.79 Å². The van der Waals surface area contributed by atoms with E-state index < -0.39 is 6.04 Å². The van der Waals surface area contributed by atoms with Gasteiger partial charge in [0.05, 0.1) is 18.2 Å². The zero-order valence-electron chi connectivity index (χ0n) is 11.8. The topological polar surface area (TPSA) is 55.6 Å². The van der Waals surface area contributed by atoms with Crippen LogP contribution in [0.1, 0.15) is 20.3 Å². The summed E-state index contributed by atoms with van der Waals surface area (Å²) in [5.41, 5.74) is 6.66. The fourth-order valence-electron chi connectivity index (χ4n) is 1.71. The zero-order chi connectivity index (χ0) is 14.6. The number of hydrogen-bond donors (Lipinski definition) is 1. The number of rotatable bonds is 5. The van der Waals surface area contributed by atoms with Crippen LogP contribution >= 0.6 is 11.6 Å². The Morgan fingerprint density at radius 1 is 1.53 bits per heavy atom. The van der Waals surface area contributed by atoms with Crippen molar-refractivity contribution >= 4 is 23.2 Å². The monoisotopic (exact) mass is 284 g/mol. The third-order valence-electron chi connectivity index (χ3n) is 3.40. The summed E-state index contributed by atoms with van der Waals surface area (Å²) in [7, 11) is 3.25. The van der Waals surface area contributed by atoms with Crippen molar-refractivity contribution in [1.82, 2.24) is 0 Å². The van der Waals surface area contributed by atoms with Gasteiger partial charge in [-0.25, -0.2) is 0 Å². The number of methoxy groups -OCH3 is 1. The van der Waals surface area contributed by atoms with Crippen LogP contribution in [0.15, 0.2) is 18.2 Å². The lowest BCUT2D eigenvalue weighted by Gasteiger charge is -2.25. The maximum absolute atomic E-state index is 12.2. The predicted octanol–water partition coefficient (Wildman–Crippen LogP) is 2.68. The molecule has 4 nitrogen and oxygen atoms in total. The van der Waals surface area contributed by atoms with Crippen molar-refractivity contribution in [3.63, 3.8) is 0 Å². The standard InChI is InChI=1S/C14H21ClN2O2/c1-5-9(2)13(16)14(18)17(3)10-6-7-12(19-4)11(15)8-10/h6-9,13H,5,16H2,1-4H3. The van der Waals surface area contributed by atoms with E-state index in [1.807, 2.05) is 13.8 Å². The number of likely N-dealkylation sites (N-methyl/N-ethyl adjacent to an activating group) is 1. The number of amides is 1. The fourth-order valence-corrected chi connectivity index (χ4v) is 1.96. The van der Waals surface area contributed by atoms with E-state index in [9.17, 15) is 4.79 Å². The van der Waals surface area contributed by atoms with E-state index in [2.05, 4.69) is 0 Å². The second-order valence-electron chi connectivity index (χ2n) is 4.63. The van der Waals surface area contributed by atoms with Crippen LogP contribution in [0.3, 0.4) is 0 Å². The van der Waals surface area contributed by atoms with E-state index in [0.717, 1.165) is 6.42 Å². The lowest BCUT2D eigenvalue weighted by molar-refractivity contribution is -0.120. The Kier molecular flexibility index (Phi) is 5.63. The van der Waals surface area contributed by atoms with Gasteiger partial charge in [0.25, 0.3) is 0 Å². The first-order valence-corrected chi connectivity index (χ1v) is 6.66. The molecule has 106 valence electrons. The number of hydrogen-bond acceptors (Lipinski definition) is 3. The summed E-state index contributed by atoms with van der Waals surface area (Å²) in [6.45, 7) is 3.99. The molecule has 1 amide bonds. The van der Waals surface area contributed by atoms with Crippen molar-refractivity contribution in [3.05, 3.63) is 23.2 Å². The van der Waals surface area contributed by atoms with Crippen LogP contribution in [0.25, 0.3) is 0 Å². The van der Waals surface area contributed by atoms with Crippen LogP contribution in [0, 0.1) is 5.92 Å². The van der Waals surface area contributed by atoms with E-state index in [0.29, 0.717) is 16.5 Å². The van der Waals surface area contributed by atoms with E-state index in [4.69, 9.17) is 22.1 Å². The van der Waals surface area contributed by atoms with Gasteiger partial charge in [-0.15, -0.1) is 0 Å². The molecule has 0 saturated carbocycles. The second-order valence-corrected chi connectivity index (χ2v) is 5.03. The Labute approximate surface area is 119 Å². The third kappa shape index (κ3) is 3.61. The van der Waals surface area contributed by atoms with E-state index in [1.54, 1.807) is 32.4 Å². The molecule has 0 radical (unpaired) electrons. The summed E-state index contributed by atoms with van der Waals surface area (Å²) in [6.07, 6.45) is 0.865. The highest BCUT2D eigenvalue weighted by molar-refractivity contribution is 6.32. The van der Waals surface area contributed by atoms with Gasteiger partial charge in [0.15, 0.2) is 0 Å². The van der Waals surface area contributed by atoms with Crippen LogP contribution in [-0.4, -0.2) is 26.1 Å². The summed E-state index contributed by atoms with van der Waals surface area (Å²) in [6, 6.07) is 4.71. The van der Waals surface area contributed by atoms with Gasteiger partial charge in [0, 0.05) is 12.7 Å². The van der Waals surface area contributed by atoms with Crippen molar-refractivity contribution < 1.29 is 9.53 Å². The highest BCUT2D eigenvalue weighted by Gasteiger charge is 2.23. The molecule has 0 spiro atoms. The molecule has 0 aliphatic heterocycles. The summed E-state index contributed by atoms with van der Waals surface area (Å²) in [5, 5.41) is 0.469. The number of carbonyl (C=O) groups is 1. The molecule has 0 heterocycles. The molecule has 0 fully saturated rings. The van der Waals surface area contributed by atoms with E-state index in [-0.39, 0.29) is 11.8 Å². The Bertz CT molecular complexity index is 451. The number of ether oxygens (including phenoxy) is 1. The molecule has 0 bridgehead atoms. The molecule has 0 saturated heterocycles. The first-order valence-electron chi connectivity index (χ1n) is 6.29. The average molecular weight is 285 g/mol. The Balaban J connectivity index is 2.91. The Morgan fingerprint density at radius 2 is 2.16 bits per heavy atom. The van der Waals surface area contributed by atoms with Gasteiger partial charge in [-0.05, 0) is 24.1 Å². The van der Waals surface area contributed by atoms with Crippen LogP contribution in [0.4, 0.5) is 5.69 Å². The van der Waals surface area contributed by atoms with E-state index in [1.165, 1.54) is 4.90 Å². The molecule has 2 N–H and O–H groups in total. The SMILES string of the molecule is CCC(C)C(N)C(=O)N(C)c1ccc(OC)c(Cl)c1. The maximum Gasteiger partial charge on any atom is 0.243 e. The second kappa shape index (κ2) is 6.78. The minimum atomic E-state index is -0.504. The minimum Gasteiger partial charge on any atom is -0.495 e. The number of nitrogens with two attached hydrogens (primary N) is 1. The van der Waals surface area contributed by atoms with Gasteiger partial charge in [0.2, 0.25) is 5.91 Å². The molecule has 1 rings (SSSR count). The minimum absolute atomic E-state index is 0.115. The van der Waals surface area contributed by atoms with Crippen LogP contribution in [-0.2, 0) is 4.79 Å². The van der Waals surface area contributed by atoms with Crippen molar-refractivity contribution in [2.75, 3.05) is 19.1 Å². The molecular formula is C14H21ClN2O2. The molecular weight excluding hydrogens is 264 g/mol. The zero-order valence-corrected chi connectivity index (χ0v) is 12.6. The maximum atomic E-state index is 12.2. The molecule has 1 aromatic rings. The van der Waals surface area contributed by atoms with Crippen molar-refractivity contribution in [2.45, 2.75) is 26.3 Å². The predicted molar refractivity (Wildman–Crippen MR) is 78.8 cm³/mol. The van der Waals surface area contributed by atoms with E-state index >= 15 is 0 Å². The fraction of sp³-hybridized carbons (Fsp3) is 0.500. The first-order chi connectivity index (χ1) is 8.92. The van der Waals surface area contributed by atoms with Gasteiger partial charge < -0.3 is 15.4 Å². The third-order valence-corrected chi connectivity index (χ3v) is 3.69. The highest BCUT2D eigenvalue weighted by Crippen LogP contribution is 2.29. The normalized spacial score (nSPS) is 13.8. The first kappa shape index (κ1) is 15.8. The van der Waals surface area contributed by atoms with Gasteiger partial charge >= 0.3 is 0 Å². The summed E-state index contributed by atoms with van der Waals surface area (Å²) < 4.78 is 5.08. The highest BCUT2D eigenvalue weighted by atomic mass is 35.5. The quantitative estimate of drug-likeness (QED) is 0.904. The summed E-state index contributed by atoms with van der Waals surface area (Å²) >= 11 is 6.05. The Morgan fingerprint density at radius 3 is 2.63 bits per heavy atom. The largest absolute Gasteiger partial charge is 0.495 e. The molecule has 1 aromatic carbocycles.